The van der Waals surface area contributed by atoms with E-state index >= 15 is 0 Å². The second-order valence-corrected chi connectivity index (χ2v) is 4.62. The average molecular weight is 190 g/mol. The number of hydrogen-bond acceptors (Lipinski definition) is 0. The van der Waals surface area contributed by atoms with Crippen LogP contribution in [0.4, 0.5) is 0 Å². The lowest BCUT2D eigenvalue weighted by Gasteiger charge is -2.34. The molecule has 2 atom stereocenters. The number of quaternary nitrogens is 2. The maximum atomic E-state index is 2.45. The van der Waals surface area contributed by atoms with Crippen molar-refractivity contribution in [1.29, 1.82) is 0 Å². The maximum Gasteiger partial charge on any atom is 0.163 e. The summed E-state index contributed by atoms with van der Waals surface area (Å²) < 4.78 is 0. The van der Waals surface area contributed by atoms with E-state index in [0.29, 0.717) is 0 Å². The van der Waals surface area contributed by atoms with Gasteiger partial charge in [0.25, 0.3) is 0 Å². The first-order chi connectivity index (χ1) is 6.86. The minimum Gasteiger partial charge on any atom is -0.337 e. The molecule has 0 aliphatic carbocycles. The molecule has 2 heteroatoms. The van der Waals surface area contributed by atoms with Gasteiger partial charge in [-0.15, -0.1) is 0 Å². The van der Waals surface area contributed by atoms with Gasteiger partial charge in [-0.25, -0.2) is 0 Å². The standard InChI is InChI=1S/C12H16N2/c1-14-6-5-9-3-2-4-10-7-13-8-11(14)12(9)10/h2-4,11,13H,5-8H2,1H3/p+2/t11-/m0/s1. The van der Waals surface area contributed by atoms with E-state index in [4.69, 9.17) is 0 Å². The number of rotatable bonds is 0. The Morgan fingerprint density at radius 1 is 1.36 bits per heavy atom. The van der Waals surface area contributed by atoms with Crippen LogP contribution in [0.25, 0.3) is 0 Å². The highest BCUT2D eigenvalue weighted by molar-refractivity contribution is 5.38. The highest BCUT2D eigenvalue weighted by Gasteiger charge is 2.34. The third-order valence-corrected chi connectivity index (χ3v) is 3.79. The van der Waals surface area contributed by atoms with Gasteiger partial charge in [-0.1, -0.05) is 18.2 Å². The Kier molecular flexibility index (Phi) is 1.85. The van der Waals surface area contributed by atoms with Crippen molar-refractivity contribution in [3.8, 4) is 0 Å². The summed E-state index contributed by atoms with van der Waals surface area (Å²) >= 11 is 0. The molecule has 1 unspecified atom stereocenters. The summed E-state index contributed by atoms with van der Waals surface area (Å²) in [6, 6.07) is 7.61. The lowest BCUT2D eigenvalue weighted by molar-refractivity contribution is -0.932. The van der Waals surface area contributed by atoms with Crippen molar-refractivity contribution in [2.75, 3.05) is 20.1 Å². The number of nitrogens with one attached hydrogen (secondary N) is 1. The second-order valence-electron chi connectivity index (χ2n) is 4.62. The highest BCUT2D eigenvalue weighted by Crippen LogP contribution is 2.24. The smallest absolute Gasteiger partial charge is 0.163 e. The summed E-state index contributed by atoms with van der Waals surface area (Å²) in [4.78, 5) is 1.70. The third-order valence-electron chi connectivity index (χ3n) is 3.79. The number of hydrogen-bond donors (Lipinski definition) is 2. The van der Waals surface area contributed by atoms with Gasteiger partial charge in [-0.2, -0.15) is 0 Å². The Labute approximate surface area is 84.9 Å². The minimum absolute atomic E-state index is 0.753. The van der Waals surface area contributed by atoms with Crippen LogP contribution in [-0.2, 0) is 13.0 Å². The van der Waals surface area contributed by atoms with E-state index in [1.165, 1.54) is 26.1 Å². The molecule has 0 saturated carbocycles. The van der Waals surface area contributed by atoms with Crippen LogP contribution in [0.3, 0.4) is 0 Å². The van der Waals surface area contributed by atoms with Gasteiger partial charge in [-0.3, -0.25) is 0 Å². The normalized spacial score (nSPS) is 29.8. The molecule has 0 amide bonds. The fourth-order valence-electron chi connectivity index (χ4n) is 2.99. The lowest BCUT2D eigenvalue weighted by atomic mass is 9.87. The molecule has 3 N–H and O–H groups in total. The molecule has 1 aromatic carbocycles. The zero-order chi connectivity index (χ0) is 9.54. The first-order valence-electron chi connectivity index (χ1n) is 5.61. The molecule has 0 fully saturated rings. The number of nitrogens with two attached hydrogens (primary N) is 1. The van der Waals surface area contributed by atoms with Crippen molar-refractivity contribution in [3.63, 3.8) is 0 Å². The Balaban J connectivity index is 2.17. The lowest BCUT2D eigenvalue weighted by Crippen LogP contribution is -3.14. The van der Waals surface area contributed by atoms with E-state index in [0.717, 1.165) is 6.04 Å². The summed E-state index contributed by atoms with van der Waals surface area (Å²) in [5.41, 5.74) is 4.88. The molecule has 2 aliphatic heterocycles. The van der Waals surface area contributed by atoms with Gasteiger partial charge in [0.15, 0.2) is 6.04 Å². The van der Waals surface area contributed by atoms with E-state index in [-0.39, 0.29) is 0 Å². The van der Waals surface area contributed by atoms with Crippen LogP contribution >= 0.6 is 0 Å². The zero-order valence-corrected chi connectivity index (χ0v) is 8.72. The van der Waals surface area contributed by atoms with E-state index in [9.17, 15) is 0 Å². The molecule has 2 nitrogen and oxygen atoms in total. The van der Waals surface area contributed by atoms with Crippen LogP contribution < -0.4 is 10.2 Å². The zero-order valence-electron chi connectivity index (χ0n) is 8.72. The molecule has 74 valence electrons. The van der Waals surface area contributed by atoms with Crippen LogP contribution in [0.2, 0.25) is 0 Å². The molecule has 3 rings (SSSR count). The Morgan fingerprint density at radius 2 is 2.21 bits per heavy atom. The number of benzene rings is 1. The molecule has 0 aromatic heterocycles. The van der Waals surface area contributed by atoms with Crippen molar-refractivity contribution < 1.29 is 10.2 Å². The van der Waals surface area contributed by atoms with Crippen molar-refractivity contribution in [2.45, 2.75) is 19.0 Å². The second kappa shape index (κ2) is 3.07. The molecule has 0 saturated heterocycles. The monoisotopic (exact) mass is 190 g/mol. The van der Waals surface area contributed by atoms with Crippen LogP contribution in [-0.4, -0.2) is 20.1 Å². The summed E-state index contributed by atoms with van der Waals surface area (Å²) in [5, 5.41) is 2.45. The molecule has 14 heavy (non-hydrogen) atoms. The largest absolute Gasteiger partial charge is 0.337 e. The fourth-order valence-corrected chi connectivity index (χ4v) is 2.99. The fraction of sp³-hybridized carbons (Fsp3) is 0.500. The van der Waals surface area contributed by atoms with Gasteiger partial charge in [-0.05, 0) is 5.56 Å². The minimum atomic E-state index is 0.753. The van der Waals surface area contributed by atoms with Gasteiger partial charge >= 0.3 is 0 Å². The summed E-state index contributed by atoms with van der Waals surface area (Å²) in [6.45, 7) is 3.76. The van der Waals surface area contributed by atoms with E-state index in [1.54, 1.807) is 21.6 Å². The van der Waals surface area contributed by atoms with Crippen molar-refractivity contribution in [3.05, 3.63) is 34.9 Å². The van der Waals surface area contributed by atoms with Crippen molar-refractivity contribution >= 4 is 0 Å². The molecule has 0 bridgehead atoms. The van der Waals surface area contributed by atoms with Crippen LogP contribution in [0, 0.1) is 0 Å². The number of likely N-dealkylation sites (N-methyl/N-ethyl adjacent to an activating group) is 1. The molecule has 0 spiro atoms. The van der Waals surface area contributed by atoms with Crippen molar-refractivity contribution in [1.82, 2.24) is 0 Å². The Morgan fingerprint density at radius 3 is 3.14 bits per heavy atom. The Bertz CT molecular complexity index is 345. The topological polar surface area (TPSA) is 21.1 Å². The van der Waals surface area contributed by atoms with Gasteiger partial charge in [0.2, 0.25) is 0 Å². The molecule has 2 aliphatic rings. The SMILES string of the molecule is C[NH+]1CCc2cccc3c2[C@@H]1C[NH2+]C3. The molecule has 2 heterocycles. The maximum absolute atomic E-state index is 2.45. The van der Waals surface area contributed by atoms with E-state index < -0.39 is 0 Å². The van der Waals surface area contributed by atoms with E-state index in [1.807, 2.05) is 0 Å². The quantitative estimate of drug-likeness (QED) is 0.517. The van der Waals surface area contributed by atoms with E-state index in [2.05, 4.69) is 30.6 Å². The Hall–Kier alpha value is -0.860. The van der Waals surface area contributed by atoms with Gasteiger partial charge < -0.3 is 10.2 Å². The molecular weight excluding hydrogens is 172 g/mol. The predicted octanol–water partition coefficient (Wildman–Crippen LogP) is -1.12. The van der Waals surface area contributed by atoms with Crippen LogP contribution in [0.5, 0.6) is 0 Å². The van der Waals surface area contributed by atoms with Crippen LogP contribution in [0.1, 0.15) is 22.7 Å². The highest BCUT2D eigenvalue weighted by atomic mass is 15.2. The summed E-state index contributed by atoms with van der Waals surface area (Å²) in [7, 11) is 2.34. The first kappa shape index (κ1) is 8.45. The van der Waals surface area contributed by atoms with Gasteiger partial charge in [0.1, 0.15) is 13.1 Å². The average Bonchev–Trinajstić information content (AvgIpc) is 2.24. The summed E-state index contributed by atoms with van der Waals surface area (Å²) in [5.74, 6) is 0. The molecule has 1 aromatic rings. The first-order valence-corrected chi connectivity index (χ1v) is 5.61. The molecular formula is C12H18N2+2. The van der Waals surface area contributed by atoms with Gasteiger partial charge in [0.05, 0.1) is 13.6 Å². The predicted molar refractivity (Wildman–Crippen MR) is 55.1 cm³/mol. The van der Waals surface area contributed by atoms with Crippen molar-refractivity contribution in [2.24, 2.45) is 0 Å². The van der Waals surface area contributed by atoms with Gasteiger partial charge in [0, 0.05) is 17.5 Å². The van der Waals surface area contributed by atoms with Crippen LogP contribution in [0.15, 0.2) is 18.2 Å². The third kappa shape index (κ3) is 1.11. The molecule has 0 radical (unpaired) electrons. The summed E-state index contributed by atoms with van der Waals surface area (Å²) in [6.07, 6.45) is 1.27.